The van der Waals surface area contributed by atoms with Crippen molar-refractivity contribution in [3.8, 4) is 0 Å². The van der Waals surface area contributed by atoms with Crippen molar-refractivity contribution in [2.75, 3.05) is 24.4 Å². The maximum atomic E-state index is 13.8. The van der Waals surface area contributed by atoms with Crippen LogP contribution in [0.4, 0.5) is 11.4 Å². The minimum absolute atomic E-state index is 0.0348. The number of likely N-dealkylation sites (N-methyl/N-ethyl adjacent to an activating group) is 1. The van der Waals surface area contributed by atoms with Gasteiger partial charge in [0.2, 0.25) is 11.8 Å². The van der Waals surface area contributed by atoms with Gasteiger partial charge in [-0.3, -0.25) is 24.0 Å². The molecule has 0 saturated heterocycles. The number of nitrogens with one attached hydrogen (secondary N) is 1. The quantitative estimate of drug-likeness (QED) is 0.278. The van der Waals surface area contributed by atoms with Crippen molar-refractivity contribution >= 4 is 33.2 Å². The topological polar surface area (TPSA) is 130 Å². The fourth-order valence-corrected chi connectivity index (χ4v) is 5.50. The molecule has 0 radical (unpaired) electrons. The third-order valence-corrected chi connectivity index (χ3v) is 7.84. The highest BCUT2D eigenvalue weighted by Crippen LogP contribution is 2.27. The van der Waals surface area contributed by atoms with Gasteiger partial charge in [0.05, 0.1) is 15.5 Å². The molecule has 38 heavy (non-hydrogen) atoms. The molecule has 0 aliphatic heterocycles. The first-order valence-electron chi connectivity index (χ1n) is 12.1. The first-order chi connectivity index (χ1) is 18.2. The Bertz CT molecular complexity index is 1370. The lowest BCUT2D eigenvalue weighted by atomic mass is 10.1. The molecule has 3 aromatic rings. The van der Waals surface area contributed by atoms with E-state index in [9.17, 15) is 28.1 Å². The molecule has 1 N–H and O–H groups in total. The molecule has 2 amide bonds. The number of amides is 2. The smallest absolute Gasteiger partial charge is 0.271 e. The molecule has 0 spiro atoms. The van der Waals surface area contributed by atoms with Crippen LogP contribution < -0.4 is 9.62 Å². The third kappa shape index (κ3) is 6.74. The van der Waals surface area contributed by atoms with Crippen molar-refractivity contribution in [3.05, 3.63) is 101 Å². The summed E-state index contributed by atoms with van der Waals surface area (Å²) in [5.74, 6) is -0.982. The Balaban J connectivity index is 2.03. The molecule has 0 bridgehead atoms. The van der Waals surface area contributed by atoms with Crippen LogP contribution in [0.3, 0.4) is 0 Å². The zero-order chi connectivity index (χ0) is 27.7. The molecule has 10 nitrogen and oxygen atoms in total. The van der Waals surface area contributed by atoms with Crippen molar-refractivity contribution in [1.29, 1.82) is 0 Å². The van der Waals surface area contributed by atoms with Crippen LogP contribution in [0, 0.1) is 10.1 Å². The Morgan fingerprint density at radius 3 is 2.18 bits per heavy atom. The second-order valence-corrected chi connectivity index (χ2v) is 10.3. The number of rotatable bonds is 12. The van der Waals surface area contributed by atoms with Gasteiger partial charge in [-0.25, -0.2) is 8.42 Å². The summed E-state index contributed by atoms with van der Waals surface area (Å²) in [6.45, 7) is 1.28. The monoisotopic (exact) mass is 538 g/mol. The molecule has 3 rings (SSSR count). The van der Waals surface area contributed by atoms with E-state index < -0.39 is 33.4 Å². The summed E-state index contributed by atoms with van der Waals surface area (Å²) in [7, 11) is -2.82. The molecular weight excluding hydrogens is 508 g/mol. The second-order valence-electron chi connectivity index (χ2n) is 8.46. The van der Waals surface area contributed by atoms with E-state index in [1.807, 2.05) is 30.3 Å². The fraction of sp³-hybridized carbons (Fsp3) is 0.259. The van der Waals surface area contributed by atoms with E-state index in [-0.39, 0.29) is 28.7 Å². The summed E-state index contributed by atoms with van der Waals surface area (Å²) in [5, 5.41) is 14.0. The lowest BCUT2D eigenvalue weighted by Gasteiger charge is -2.33. The average Bonchev–Trinajstić information content (AvgIpc) is 2.94. The molecule has 11 heteroatoms. The molecule has 1 unspecified atom stereocenters. The lowest BCUT2D eigenvalue weighted by molar-refractivity contribution is -0.384. The highest BCUT2D eigenvalue weighted by molar-refractivity contribution is 7.92. The summed E-state index contributed by atoms with van der Waals surface area (Å²) < 4.78 is 28.2. The summed E-state index contributed by atoms with van der Waals surface area (Å²) >= 11 is 0. The van der Waals surface area contributed by atoms with Crippen LogP contribution in [-0.2, 0) is 26.0 Å². The summed E-state index contributed by atoms with van der Waals surface area (Å²) in [6, 6.07) is 21.2. The van der Waals surface area contributed by atoms with Gasteiger partial charge in [0.25, 0.3) is 15.7 Å². The standard InChI is InChI=1S/C27H30N4O6S/c1-3-25(27(33)28-2)29(18-17-21-11-6-4-7-12-21)26(32)20-30(22-13-10-14-23(19-22)31(34)35)38(36,37)24-15-8-5-9-16-24/h4-16,19,25H,3,17-18,20H2,1-2H3,(H,28,33). The van der Waals surface area contributed by atoms with Gasteiger partial charge in [-0.05, 0) is 36.6 Å². The highest BCUT2D eigenvalue weighted by Gasteiger charge is 2.33. The van der Waals surface area contributed by atoms with Gasteiger partial charge >= 0.3 is 0 Å². The predicted octanol–water partition coefficient (Wildman–Crippen LogP) is 3.39. The summed E-state index contributed by atoms with van der Waals surface area (Å²) in [5.41, 5.74) is 0.595. The Labute approximate surface area is 222 Å². The SMILES string of the molecule is CCC(C(=O)NC)N(CCc1ccccc1)C(=O)CN(c1cccc([N+](=O)[O-])c1)S(=O)(=O)c1ccccc1. The first kappa shape index (κ1) is 28.3. The molecular formula is C27H30N4O6S. The van der Waals surface area contributed by atoms with Gasteiger partial charge in [0.15, 0.2) is 0 Å². The van der Waals surface area contributed by atoms with Gasteiger partial charge in [-0.2, -0.15) is 0 Å². The molecule has 200 valence electrons. The highest BCUT2D eigenvalue weighted by atomic mass is 32.2. The maximum absolute atomic E-state index is 13.8. The van der Waals surface area contributed by atoms with Crippen LogP contribution in [0.1, 0.15) is 18.9 Å². The molecule has 3 aromatic carbocycles. The van der Waals surface area contributed by atoms with Crippen LogP contribution in [-0.4, -0.2) is 56.2 Å². The van der Waals surface area contributed by atoms with Crippen LogP contribution in [0.5, 0.6) is 0 Å². The van der Waals surface area contributed by atoms with Gasteiger partial charge in [0.1, 0.15) is 12.6 Å². The number of nitro groups is 1. The van der Waals surface area contributed by atoms with Gasteiger partial charge < -0.3 is 10.2 Å². The van der Waals surface area contributed by atoms with E-state index in [1.165, 1.54) is 42.3 Å². The van der Waals surface area contributed by atoms with Crippen molar-refractivity contribution in [2.45, 2.75) is 30.7 Å². The first-order valence-corrected chi connectivity index (χ1v) is 13.5. The van der Waals surface area contributed by atoms with E-state index in [4.69, 9.17) is 0 Å². The van der Waals surface area contributed by atoms with E-state index in [0.29, 0.717) is 12.8 Å². The van der Waals surface area contributed by atoms with E-state index in [0.717, 1.165) is 15.9 Å². The maximum Gasteiger partial charge on any atom is 0.271 e. The summed E-state index contributed by atoms with van der Waals surface area (Å²) in [4.78, 5) is 38.5. The van der Waals surface area contributed by atoms with E-state index >= 15 is 0 Å². The van der Waals surface area contributed by atoms with Gasteiger partial charge in [0, 0.05) is 25.7 Å². The van der Waals surface area contributed by atoms with Crippen molar-refractivity contribution in [3.63, 3.8) is 0 Å². The number of hydrogen-bond acceptors (Lipinski definition) is 6. The molecule has 0 heterocycles. The van der Waals surface area contributed by atoms with Gasteiger partial charge in [-0.1, -0.05) is 61.5 Å². The number of sulfonamides is 1. The van der Waals surface area contributed by atoms with E-state index in [1.54, 1.807) is 25.1 Å². The number of carbonyl (C=O) groups excluding carboxylic acids is 2. The fourth-order valence-electron chi connectivity index (χ4n) is 4.07. The Morgan fingerprint density at radius 1 is 0.974 bits per heavy atom. The molecule has 0 aliphatic carbocycles. The lowest BCUT2D eigenvalue weighted by Crippen LogP contribution is -2.52. The van der Waals surface area contributed by atoms with E-state index in [2.05, 4.69) is 5.32 Å². The minimum atomic E-state index is -4.29. The number of non-ortho nitro benzene ring substituents is 1. The van der Waals surface area contributed by atoms with Gasteiger partial charge in [-0.15, -0.1) is 0 Å². The number of carbonyl (C=O) groups is 2. The Morgan fingerprint density at radius 2 is 1.61 bits per heavy atom. The van der Waals surface area contributed by atoms with Crippen LogP contribution in [0.15, 0.2) is 89.8 Å². The Hall–Kier alpha value is -4.25. The number of anilines is 1. The number of nitrogens with zero attached hydrogens (tertiary/aromatic N) is 3. The molecule has 0 saturated carbocycles. The Kier molecular flexibility index (Phi) is 9.55. The van der Waals surface area contributed by atoms with Crippen molar-refractivity contribution in [2.24, 2.45) is 0 Å². The molecule has 0 fully saturated rings. The minimum Gasteiger partial charge on any atom is -0.357 e. The number of nitro benzene ring substituents is 1. The van der Waals surface area contributed by atoms with Crippen LogP contribution in [0.2, 0.25) is 0 Å². The number of hydrogen-bond donors (Lipinski definition) is 1. The average molecular weight is 539 g/mol. The molecule has 0 aliphatic rings. The summed E-state index contributed by atoms with van der Waals surface area (Å²) in [6.07, 6.45) is 0.755. The zero-order valence-electron chi connectivity index (χ0n) is 21.2. The predicted molar refractivity (Wildman–Crippen MR) is 144 cm³/mol. The third-order valence-electron chi connectivity index (χ3n) is 6.06. The molecule has 1 atom stereocenters. The van der Waals surface area contributed by atoms with Crippen molar-refractivity contribution in [1.82, 2.24) is 10.2 Å². The largest absolute Gasteiger partial charge is 0.357 e. The van der Waals surface area contributed by atoms with Crippen LogP contribution >= 0.6 is 0 Å². The normalized spacial score (nSPS) is 11.8. The van der Waals surface area contributed by atoms with Crippen LogP contribution in [0.25, 0.3) is 0 Å². The zero-order valence-corrected chi connectivity index (χ0v) is 22.0. The second kappa shape index (κ2) is 12.8. The number of benzene rings is 3. The van der Waals surface area contributed by atoms with Crippen molar-refractivity contribution < 1.29 is 22.9 Å². The molecule has 0 aromatic heterocycles.